The molecule has 0 fully saturated rings. The number of benzene rings is 1. The summed E-state index contributed by atoms with van der Waals surface area (Å²) in [5, 5.41) is 5.05. The van der Waals surface area contributed by atoms with Crippen LogP contribution in [0, 0.1) is 5.92 Å². The first-order valence-electron chi connectivity index (χ1n) is 8.46. The first-order valence-corrected chi connectivity index (χ1v) is 8.46. The summed E-state index contributed by atoms with van der Waals surface area (Å²) in [6.07, 6.45) is 1.81. The van der Waals surface area contributed by atoms with E-state index in [1.165, 1.54) is 7.11 Å². The van der Waals surface area contributed by atoms with Gasteiger partial charge >= 0.3 is 11.8 Å². The van der Waals surface area contributed by atoms with Gasteiger partial charge in [-0.05, 0) is 30.5 Å². The number of hydrogen-bond donors (Lipinski definition) is 2. The molecular formula is C18H25N3O4. The Kier molecular flexibility index (Phi) is 6.52. The second-order valence-corrected chi connectivity index (χ2v) is 6.29. The zero-order valence-corrected chi connectivity index (χ0v) is 14.9. The summed E-state index contributed by atoms with van der Waals surface area (Å²) in [5.74, 6) is -1.50. The third-order valence-electron chi connectivity index (χ3n) is 4.02. The molecule has 0 saturated carbocycles. The molecule has 2 rings (SSSR count). The van der Waals surface area contributed by atoms with Crippen LogP contribution in [0.1, 0.15) is 25.8 Å². The molecule has 1 aromatic rings. The highest BCUT2D eigenvalue weighted by atomic mass is 16.5. The maximum Gasteiger partial charge on any atom is 0.313 e. The summed E-state index contributed by atoms with van der Waals surface area (Å²) in [4.78, 5) is 37.9. The summed E-state index contributed by atoms with van der Waals surface area (Å²) in [6.45, 7) is 5.01. The van der Waals surface area contributed by atoms with Gasteiger partial charge < -0.3 is 20.3 Å². The van der Waals surface area contributed by atoms with Gasteiger partial charge in [-0.3, -0.25) is 14.4 Å². The third-order valence-corrected chi connectivity index (χ3v) is 4.02. The number of rotatable bonds is 5. The van der Waals surface area contributed by atoms with E-state index in [1.807, 2.05) is 19.9 Å². The summed E-state index contributed by atoms with van der Waals surface area (Å²) in [6, 6.07) is 5.41. The van der Waals surface area contributed by atoms with Crippen LogP contribution in [0.4, 0.5) is 11.4 Å². The van der Waals surface area contributed by atoms with Crippen LogP contribution in [0.5, 0.6) is 0 Å². The van der Waals surface area contributed by atoms with Gasteiger partial charge in [0.15, 0.2) is 0 Å². The zero-order chi connectivity index (χ0) is 18.4. The number of carbonyl (C=O) groups is 3. The van der Waals surface area contributed by atoms with Crippen LogP contribution in [0.2, 0.25) is 0 Å². The number of methoxy groups -OCH3 is 1. The molecule has 1 aliphatic rings. The number of ether oxygens (including phenoxy) is 1. The second kappa shape index (κ2) is 8.62. The quantitative estimate of drug-likeness (QED) is 0.621. The highest BCUT2D eigenvalue weighted by molar-refractivity contribution is 6.39. The fourth-order valence-corrected chi connectivity index (χ4v) is 2.73. The molecule has 7 heteroatoms. The van der Waals surface area contributed by atoms with E-state index in [0.29, 0.717) is 18.8 Å². The fraction of sp³-hybridized carbons (Fsp3) is 0.500. The number of hydrogen-bond acceptors (Lipinski definition) is 4. The molecule has 2 N–H and O–H groups in total. The molecule has 1 aliphatic heterocycles. The Labute approximate surface area is 147 Å². The van der Waals surface area contributed by atoms with E-state index >= 15 is 0 Å². The Morgan fingerprint density at radius 1 is 1.24 bits per heavy atom. The van der Waals surface area contributed by atoms with Crippen LogP contribution >= 0.6 is 0 Å². The van der Waals surface area contributed by atoms with Crippen molar-refractivity contribution in [3.05, 3.63) is 23.8 Å². The summed E-state index contributed by atoms with van der Waals surface area (Å²) >= 11 is 0. The monoisotopic (exact) mass is 347 g/mol. The second-order valence-electron chi connectivity index (χ2n) is 6.29. The fourth-order valence-electron chi connectivity index (χ4n) is 2.73. The van der Waals surface area contributed by atoms with Crippen LogP contribution in [0.15, 0.2) is 18.2 Å². The van der Waals surface area contributed by atoms with E-state index in [4.69, 9.17) is 4.74 Å². The summed E-state index contributed by atoms with van der Waals surface area (Å²) in [5.41, 5.74) is 2.37. The van der Waals surface area contributed by atoms with Crippen LogP contribution in [0.3, 0.4) is 0 Å². The first kappa shape index (κ1) is 18.9. The molecule has 0 radical (unpaired) electrons. The molecule has 1 heterocycles. The van der Waals surface area contributed by atoms with Gasteiger partial charge in [-0.2, -0.15) is 0 Å². The Morgan fingerprint density at radius 2 is 2.00 bits per heavy atom. The lowest BCUT2D eigenvalue weighted by Gasteiger charge is -2.31. The number of anilines is 2. The molecular weight excluding hydrogens is 322 g/mol. The van der Waals surface area contributed by atoms with Gasteiger partial charge in [-0.1, -0.05) is 19.9 Å². The van der Waals surface area contributed by atoms with Gasteiger partial charge in [-0.25, -0.2) is 0 Å². The first-order chi connectivity index (χ1) is 11.9. The van der Waals surface area contributed by atoms with Crippen molar-refractivity contribution in [2.75, 3.05) is 37.0 Å². The Morgan fingerprint density at radius 3 is 2.68 bits per heavy atom. The molecule has 0 atom stereocenters. The van der Waals surface area contributed by atoms with Crippen LogP contribution in [-0.2, 0) is 25.5 Å². The van der Waals surface area contributed by atoms with Gasteiger partial charge in [-0.15, -0.1) is 0 Å². The molecule has 0 bridgehead atoms. The van der Waals surface area contributed by atoms with Gasteiger partial charge in [0.05, 0.1) is 6.61 Å². The smallest absolute Gasteiger partial charge is 0.313 e. The highest BCUT2D eigenvalue weighted by Crippen LogP contribution is 2.31. The minimum absolute atomic E-state index is 0.0572. The zero-order valence-electron chi connectivity index (χ0n) is 14.9. The van der Waals surface area contributed by atoms with E-state index in [2.05, 4.69) is 10.6 Å². The van der Waals surface area contributed by atoms with Crippen LogP contribution < -0.4 is 15.5 Å². The van der Waals surface area contributed by atoms with Gasteiger partial charge in [0, 0.05) is 37.5 Å². The van der Waals surface area contributed by atoms with Gasteiger partial charge in [0.1, 0.15) is 0 Å². The lowest BCUT2D eigenvalue weighted by molar-refractivity contribution is -0.136. The molecule has 0 aliphatic carbocycles. The summed E-state index contributed by atoms with van der Waals surface area (Å²) in [7, 11) is 1.52. The Bertz CT molecular complexity index is 658. The number of aryl methyl sites for hydroxylation is 1. The van der Waals surface area contributed by atoms with Gasteiger partial charge in [0.25, 0.3) is 0 Å². The van der Waals surface area contributed by atoms with Crippen molar-refractivity contribution in [3.8, 4) is 0 Å². The maximum atomic E-state index is 12.4. The van der Waals surface area contributed by atoms with Crippen molar-refractivity contribution in [3.63, 3.8) is 0 Å². The lowest BCUT2D eigenvalue weighted by Crippen LogP contribution is -2.38. The predicted molar refractivity (Wildman–Crippen MR) is 95.5 cm³/mol. The SMILES string of the molecule is COCCNC(=O)C(=O)Nc1ccc2c(c1)N(C(=O)C(C)C)CCC2. The third kappa shape index (κ3) is 4.79. The van der Waals surface area contributed by atoms with Crippen LogP contribution in [-0.4, -0.2) is 44.5 Å². The average Bonchev–Trinajstić information content (AvgIpc) is 2.60. The highest BCUT2D eigenvalue weighted by Gasteiger charge is 2.25. The minimum Gasteiger partial charge on any atom is -0.383 e. The number of nitrogens with one attached hydrogen (secondary N) is 2. The molecule has 0 aromatic heterocycles. The number of fused-ring (bicyclic) bond motifs is 1. The molecule has 1 aromatic carbocycles. The van der Waals surface area contributed by atoms with E-state index in [-0.39, 0.29) is 18.4 Å². The van der Waals surface area contributed by atoms with E-state index < -0.39 is 11.8 Å². The Hall–Kier alpha value is -2.41. The predicted octanol–water partition coefficient (Wildman–Crippen LogP) is 1.32. The van der Waals surface area contributed by atoms with Crippen molar-refractivity contribution in [2.45, 2.75) is 26.7 Å². The summed E-state index contributed by atoms with van der Waals surface area (Å²) < 4.78 is 4.82. The standard InChI is InChI=1S/C18H25N3O4/c1-12(2)18(24)21-9-4-5-13-6-7-14(11-15(13)21)20-17(23)16(22)19-8-10-25-3/h6-7,11-12H,4-5,8-10H2,1-3H3,(H,19,22)(H,20,23). The van der Waals surface area contributed by atoms with Crippen molar-refractivity contribution in [1.29, 1.82) is 0 Å². The molecule has 0 unspecified atom stereocenters. The number of amides is 3. The average molecular weight is 347 g/mol. The van der Waals surface area contributed by atoms with Crippen molar-refractivity contribution in [1.82, 2.24) is 5.32 Å². The van der Waals surface area contributed by atoms with Gasteiger partial charge in [0.2, 0.25) is 5.91 Å². The molecule has 0 spiro atoms. The van der Waals surface area contributed by atoms with E-state index in [9.17, 15) is 14.4 Å². The maximum absolute atomic E-state index is 12.4. The molecule has 136 valence electrons. The molecule has 3 amide bonds. The van der Waals surface area contributed by atoms with Crippen molar-refractivity contribution >= 4 is 29.1 Å². The van der Waals surface area contributed by atoms with E-state index in [1.54, 1.807) is 17.0 Å². The Balaban J connectivity index is 2.11. The minimum atomic E-state index is -0.742. The normalized spacial score (nSPS) is 13.4. The van der Waals surface area contributed by atoms with Crippen LogP contribution in [0.25, 0.3) is 0 Å². The molecule has 0 saturated heterocycles. The molecule has 7 nitrogen and oxygen atoms in total. The number of nitrogens with zero attached hydrogens (tertiary/aromatic N) is 1. The van der Waals surface area contributed by atoms with Crippen molar-refractivity contribution in [2.24, 2.45) is 5.92 Å². The number of carbonyl (C=O) groups excluding carboxylic acids is 3. The van der Waals surface area contributed by atoms with E-state index in [0.717, 1.165) is 24.1 Å². The largest absolute Gasteiger partial charge is 0.383 e. The van der Waals surface area contributed by atoms with Crippen molar-refractivity contribution < 1.29 is 19.1 Å². The topological polar surface area (TPSA) is 87.7 Å². The molecule has 25 heavy (non-hydrogen) atoms. The lowest BCUT2D eigenvalue weighted by atomic mass is 9.99.